The summed E-state index contributed by atoms with van der Waals surface area (Å²) in [5.74, 6) is 0. The molecular formula is C7H8F3N3O2. The van der Waals surface area contributed by atoms with Crippen molar-refractivity contribution >= 4 is 6.29 Å². The zero-order valence-electron chi connectivity index (χ0n) is 7.48. The van der Waals surface area contributed by atoms with Crippen LogP contribution in [0.25, 0.3) is 0 Å². The molecule has 15 heavy (non-hydrogen) atoms. The molecule has 0 aromatic carbocycles. The van der Waals surface area contributed by atoms with Crippen molar-refractivity contribution in [3.8, 4) is 0 Å². The quantitative estimate of drug-likeness (QED) is 0.753. The molecule has 84 valence electrons. The number of aliphatic hydroxyl groups is 1. The number of aromatic nitrogens is 3. The summed E-state index contributed by atoms with van der Waals surface area (Å²) in [7, 11) is 0. The minimum Gasteiger partial charge on any atom is -0.386 e. The van der Waals surface area contributed by atoms with E-state index in [2.05, 4.69) is 10.3 Å². The molecule has 5 nitrogen and oxygen atoms in total. The van der Waals surface area contributed by atoms with Gasteiger partial charge < -0.3 is 9.90 Å². The summed E-state index contributed by atoms with van der Waals surface area (Å²) in [6.45, 7) is -1.34. The molecule has 1 aromatic rings. The molecule has 0 saturated heterocycles. The summed E-state index contributed by atoms with van der Waals surface area (Å²) in [6, 6.07) is 0. The highest BCUT2D eigenvalue weighted by Gasteiger charge is 2.30. The highest BCUT2D eigenvalue weighted by molar-refractivity contribution is 5.50. The molecule has 0 aliphatic heterocycles. The van der Waals surface area contributed by atoms with E-state index in [0.717, 1.165) is 6.20 Å². The number of aldehydes is 1. The van der Waals surface area contributed by atoms with Gasteiger partial charge in [0.1, 0.15) is 18.9 Å². The minimum absolute atomic E-state index is 0.126. The molecule has 8 heteroatoms. The Hall–Kier alpha value is -1.44. The van der Waals surface area contributed by atoms with E-state index in [1.54, 1.807) is 0 Å². The van der Waals surface area contributed by atoms with Crippen LogP contribution in [0, 0.1) is 0 Å². The average molecular weight is 223 g/mol. The third-order valence-corrected chi connectivity index (χ3v) is 1.64. The molecule has 0 amide bonds. The third-order valence-electron chi connectivity index (χ3n) is 1.64. The fourth-order valence-electron chi connectivity index (χ4n) is 1.03. The summed E-state index contributed by atoms with van der Waals surface area (Å²) in [5.41, 5.74) is -0.126. The van der Waals surface area contributed by atoms with Crippen molar-refractivity contribution in [1.82, 2.24) is 15.0 Å². The fourth-order valence-corrected chi connectivity index (χ4v) is 1.03. The molecule has 1 heterocycles. The zero-order chi connectivity index (χ0) is 11.5. The van der Waals surface area contributed by atoms with Crippen LogP contribution in [0.15, 0.2) is 6.20 Å². The van der Waals surface area contributed by atoms with E-state index < -0.39 is 18.8 Å². The van der Waals surface area contributed by atoms with Crippen LogP contribution in [0.1, 0.15) is 18.2 Å². The number of hydrogen-bond donors (Lipinski definition) is 1. The molecule has 0 aliphatic rings. The Morgan fingerprint density at radius 1 is 1.60 bits per heavy atom. The van der Waals surface area contributed by atoms with Crippen molar-refractivity contribution in [1.29, 1.82) is 0 Å². The van der Waals surface area contributed by atoms with E-state index in [1.807, 2.05) is 0 Å². The first-order chi connectivity index (χ1) is 6.94. The van der Waals surface area contributed by atoms with E-state index in [-0.39, 0.29) is 12.1 Å². The van der Waals surface area contributed by atoms with Gasteiger partial charge >= 0.3 is 6.18 Å². The molecule has 0 radical (unpaired) electrons. The number of nitrogens with zero attached hydrogens (tertiary/aromatic N) is 3. The lowest BCUT2D eigenvalue weighted by Crippen LogP contribution is -2.21. The van der Waals surface area contributed by atoms with Gasteiger partial charge in [-0.15, -0.1) is 5.10 Å². The molecular weight excluding hydrogens is 215 g/mol. The first-order valence-corrected chi connectivity index (χ1v) is 4.01. The van der Waals surface area contributed by atoms with Crippen molar-refractivity contribution in [2.24, 2.45) is 0 Å². The van der Waals surface area contributed by atoms with Gasteiger partial charge in [0.05, 0.1) is 11.9 Å². The Balaban J connectivity index is 2.81. The summed E-state index contributed by atoms with van der Waals surface area (Å²) < 4.78 is 36.5. The van der Waals surface area contributed by atoms with Crippen LogP contribution in [0.5, 0.6) is 0 Å². The average Bonchev–Trinajstić information content (AvgIpc) is 2.49. The predicted octanol–water partition coefficient (Wildman–Crippen LogP) is 0.463. The smallest absolute Gasteiger partial charge is 0.386 e. The molecule has 1 rings (SSSR count). The molecule has 1 atom stereocenters. The lowest BCUT2D eigenvalue weighted by atomic mass is 10.2. The number of alkyl halides is 3. The Morgan fingerprint density at radius 2 is 2.27 bits per heavy atom. The van der Waals surface area contributed by atoms with E-state index >= 15 is 0 Å². The standard InChI is InChI=1S/C7H8F3N3O2/c8-7(9,10)4-13-5(3-11-12-13)6(15)1-2-14/h2-3,6,15H,1,4H2. The van der Waals surface area contributed by atoms with Gasteiger partial charge in [0.2, 0.25) is 0 Å². The highest BCUT2D eigenvalue weighted by Crippen LogP contribution is 2.20. The summed E-state index contributed by atoms with van der Waals surface area (Å²) in [6.07, 6.45) is -4.62. The molecule has 1 unspecified atom stereocenters. The number of carbonyl (C=O) groups excluding carboxylic acids is 1. The highest BCUT2D eigenvalue weighted by atomic mass is 19.4. The second-order valence-corrected chi connectivity index (χ2v) is 2.85. The van der Waals surface area contributed by atoms with Crippen LogP contribution in [0.3, 0.4) is 0 Å². The van der Waals surface area contributed by atoms with Crippen molar-refractivity contribution in [3.63, 3.8) is 0 Å². The van der Waals surface area contributed by atoms with Gasteiger partial charge in [0.15, 0.2) is 0 Å². The fraction of sp³-hybridized carbons (Fsp3) is 0.571. The van der Waals surface area contributed by atoms with Crippen LogP contribution in [0.2, 0.25) is 0 Å². The van der Waals surface area contributed by atoms with Gasteiger partial charge in [0.25, 0.3) is 0 Å². The Kier molecular flexibility index (Phi) is 3.40. The maximum Gasteiger partial charge on any atom is 0.408 e. The molecule has 0 spiro atoms. The lowest BCUT2D eigenvalue weighted by Gasteiger charge is -2.11. The first-order valence-electron chi connectivity index (χ1n) is 4.01. The lowest BCUT2D eigenvalue weighted by molar-refractivity contribution is -0.143. The second-order valence-electron chi connectivity index (χ2n) is 2.85. The molecule has 0 aliphatic carbocycles. The van der Waals surface area contributed by atoms with E-state index in [1.165, 1.54) is 0 Å². The van der Waals surface area contributed by atoms with E-state index in [4.69, 9.17) is 0 Å². The third kappa shape index (κ3) is 3.31. The van der Waals surface area contributed by atoms with Crippen LogP contribution in [-0.2, 0) is 11.3 Å². The number of rotatable bonds is 4. The van der Waals surface area contributed by atoms with Gasteiger partial charge in [-0.25, -0.2) is 4.68 Å². The largest absolute Gasteiger partial charge is 0.408 e. The molecule has 1 aromatic heterocycles. The van der Waals surface area contributed by atoms with Gasteiger partial charge in [-0.1, -0.05) is 5.21 Å². The predicted molar refractivity (Wildman–Crippen MR) is 41.7 cm³/mol. The van der Waals surface area contributed by atoms with Gasteiger partial charge in [-0.05, 0) is 0 Å². The number of carbonyl (C=O) groups is 1. The van der Waals surface area contributed by atoms with Crippen molar-refractivity contribution < 1.29 is 23.1 Å². The topological polar surface area (TPSA) is 68.0 Å². The van der Waals surface area contributed by atoms with Crippen LogP contribution >= 0.6 is 0 Å². The number of halogens is 3. The normalized spacial score (nSPS) is 13.9. The number of hydrogen-bond acceptors (Lipinski definition) is 4. The first kappa shape index (κ1) is 11.6. The summed E-state index contributed by atoms with van der Waals surface area (Å²) in [5, 5.41) is 15.7. The maximum absolute atomic E-state index is 12.0. The van der Waals surface area contributed by atoms with Gasteiger partial charge in [0, 0.05) is 6.42 Å². The summed E-state index contributed by atoms with van der Waals surface area (Å²) in [4.78, 5) is 10.1. The van der Waals surface area contributed by atoms with Crippen LogP contribution in [0.4, 0.5) is 13.2 Å². The van der Waals surface area contributed by atoms with Crippen LogP contribution < -0.4 is 0 Å². The second kappa shape index (κ2) is 4.39. The number of aliphatic hydroxyl groups excluding tert-OH is 1. The van der Waals surface area contributed by atoms with Crippen molar-refractivity contribution in [2.45, 2.75) is 25.2 Å². The van der Waals surface area contributed by atoms with E-state index in [0.29, 0.717) is 11.0 Å². The Labute approximate surface area is 82.5 Å². The molecule has 0 saturated carbocycles. The maximum atomic E-state index is 12.0. The monoisotopic (exact) mass is 223 g/mol. The molecule has 0 fully saturated rings. The van der Waals surface area contributed by atoms with Gasteiger partial charge in [-0.2, -0.15) is 13.2 Å². The van der Waals surface area contributed by atoms with E-state index in [9.17, 15) is 23.1 Å². The molecule has 1 N–H and O–H groups in total. The Bertz CT molecular complexity index is 336. The zero-order valence-corrected chi connectivity index (χ0v) is 7.48. The summed E-state index contributed by atoms with van der Waals surface area (Å²) >= 11 is 0. The Morgan fingerprint density at radius 3 is 2.80 bits per heavy atom. The minimum atomic E-state index is -4.44. The van der Waals surface area contributed by atoms with Crippen LogP contribution in [-0.4, -0.2) is 32.6 Å². The van der Waals surface area contributed by atoms with Crippen molar-refractivity contribution in [2.75, 3.05) is 0 Å². The van der Waals surface area contributed by atoms with Gasteiger partial charge in [-0.3, -0.25) is 0 Å². The molecule has 0 bridgehead atoms. The SMILES string of the molecule is O=CCC(O)c1cnnn1CC(F)(F)F. The van der Waals surface area contributed by atoms with Crippen molar-refractivity contribution in [3.05, 3.63) is 11.9 Å².